The van der Waals surface area contributed by atoms with Crippen LogP contribution in [0.4, 0.5) is 5.69 Å². The van der Waals surface area contributed by atoms with Gasteiger partial charge in [0, 0.05) is 5.69 Å². The van der Waals surface area contributed by atoms with Crippen LogP contribution >= 0.6 is 0 Å². The lowest BCUT2D eigenvalue weighted by molar-refractivity contribution is -0.139. The molecule has 88 valence electrons. The number of hydrogen-bond acceptors (Lipinski definition) is 5. The van der Waals surface area contributed by atoms with Crippen LogP contribution in [0.1, 0.15) is 6.92 Å². The van der Waals surface area contributed by atoms with E-state index < -0.39 is 21.1 Å². The van der Waals surface area contributed by atoms with E-state index in [1.807, 2.05) is 0 Å². The van der Waals surface area contributed by atoms with Gasteiger partial charge < -0.3 is 10.5 Å². The van der Waals surface area contributed by atoms with Gasteiger partial charge in [-0.1, -0.05) is 6.07 Å². The molecule has 1 aromatic rings. The van der Waals surface area contributed by atoms with Gasteiger partial charge in [-0.15, -0.1) is 0 Å². The minimum atomic E-state index is -3.73. The lowest BCUT2D eigenvalue weighted by Crippen LogP contribution is -2.28. The standard InChI is InChI=1S/C10H13NO4S/c1-7(10(12)15-2)16(13,14)9-5-3-4-8(11)6-9/h3-7H,11H2,1-2H3/t7-/m0/s1. The topological polar surface area (TPSA) is 86.5 Å². The number of benzene rings is 1. The normalized spacial score (nSPS) is 13.1. The molecular weight excluding hydrogens is 230 g/mol. The number of anilines is 1. The third-order valence-corrected chi connectivity index (χ3v) is 4.22. The first-order valence-electron chi connectivity index (χ1n) is 4.57. The quantitative estimate of drug-likeness (QED) is 0.620. The summed E-state index contributed by atoms with van der Waals surface area (Å²) in [6.07, 6.45) is 0. The van der Waals surface area contributed by atoms with E-state index in [4.69, 9.17) is 5.73 Å². The van der Waals surface area contributed by atoms with Gasteiger partial charge in [0.05, 0.1) is 12.0 Å². The number of ether oxygens (including phenoxy) is 1. The van der Waals surface area contributed by atoms with Crippen molar-refractivity contribution in [2.24, 2.45) is 0 Å². The van der Waals surface area contributed by atoms with Crippen molar-refractivity contribution in [1.29, 1.82) is 0 Å². The van der Waals surface area contributed by atoms with Crippen molar-refractivity contribution in [3.05, 3.63) is 24.3 Å². The van der Waals surface area contributed by atoms with E-state index in [0.717, 1.165) is 7.11 Å². The fourth-order valence-electron chi connectivity index (χ4n) is 1.19. The summed E-state index contributed by atoms with van der Waals surface area (Å²) in [6.45, 7) is 1.28. The third-order valence-electron chi connectivity index (χ3n) is 2.19. The molecule has 1 atom stereocenters. The molecular formula is C10H13NO4S. The fraction of sp³-hybridized carbons (Fsp3) is 0.300. The minimum Gasteiger partial charge on any atom is -0.468 e. The highest BCUT2D eigenvalue weighted by molar-refractivity contribution is 7.92. The lowest BCUT2D eigenvalue weighted by Gasteiger charge is -2.10. The number of rotatable bonds is 3. The van der Waals surface area contributed by atoms with Crippen molar-refractivity contribution < 1.29 is 17.9 Å². The molecule has 0 aromatic heterocycles. The molecule has 0 aliphatic carbocycles. The summed E-state index contributed by atoms with van der Waals surface area (Å²) in [4.78, 5) is 11.2. The van der Waals surface area contributed by atoms with Crippen LogP contribution in [0.2, 0.25) is 0 Å². The third kappa shape index (κ3) is 2.33. The zero-order valence-electron chi connectivity index (χ0n) is 9.01. The monoisotopic (exact) mass is 243 g/mol. The molecule has 0 saturated carbocycles. The molecule has 0 bridgehead atoms. The van der Waals surface area contributed by atoms with Crippen molar-refractivity contribution in [1.82, 2.24) is 0 Å². The Balaban J connectivity index is 3.17. The van der Waals surface area contributed by atoms with E-state index in [-0.39, 0.29) is 4.90 Å². The molecule has 0 fully saturated rings. The van der Waals surface area contributed by atoms with Gasteiger partial charge in [0.15, 0.2) is 15.1 Å². The molecule has 0 saturated heterocycles. The first-order valence-corrected chi connectivity index (χ1v) is 6.11. The van der Waals surface area contributed by atoms with Crippen LogP contribution < -0.4 is 5.73 Å². The molecule has 16 heavy (non-hydrogen) atoms. The Bertz CT molecular complexity index is 495. The predicted octanol–water partition coefficient (Wildman–Crippen LogP) is 0.604. The fourth-order valence-corrected chi connectivity index (χ4v) is 2.51. The Morgan fingerprint density at radius 1 is 1.44 bits per heavy atom. The van der Waals surface area contributed by atoms with Crippen LogP contribution in [0.3, 0.4) is 0 Å². The highest BCUT2D eigenvalue weighted by Gasteiger charge is 2.30. The second kappa shape index (κ2) is 4.52. The van der Waals surface area contributed by atoms with E-state index >= 15 is 0 Å². The molecule has 0 amide bonds. The number of carbonyl (C=O) groups excluding carboxylic acids is 1. The molecule has 5 nitrogen and oxygen atoms in total. The number of esters is 1. The smallest absolute Gasteiger partial charge is 0.324 e. The molecule has 0 radical (unpaired) electrons. The largest absolute Gasteiger partial charge is 0.468 e. The highest BCUT2D eigenvalue weighted by Crippen LogP contribution is 2.18. The first kappa shape index (κ1) is 12.5. The zero-order chi connectivity index (χ0) is 12.3. The van der Waals surface area contributed by atoms with Gasteiger partial charge in [0.1, 0.15) is 0 Å². The van der Waals surface area contributed by atoms with Gasteiger partial charge in [0.25, 0.3) is 0 Å². The van der Waals surface area contributed by atoms with Crippen molar-refractivity contribution in [3.63, 3.8) is 0 Å². The molecule has 1 aromatic carbocycles. The van der Waals surface area contributed by atoms with E-state index in [1.54, 1.807) is 6.07 Å². The maximum absolute atomic E-state index is 11.9. The average molecular weight is 243 g/mol. The number of nitrogens with two attached hydrogens (primary N) is 1. The second-order valence-electron chi connectivity index (χ2n) is 3.28. The van der Waals surface area contributed by atoms with Gasteiger partial charge in [0.2, 0.25) is 0 Å². The summed E-state index contributed by atoms with van der Waals surface area (Å²) in [7, 11) is -2.58. The van der Waals surface area contributed by atoms with E-state index in [1.165, 1.54) is 25.1 Å². The molecule has 6 heteroatoms. The Hall–Kier alpha value is -1.56. The first-order chi connectivity index (χ1) is 7.39. The highest BCUT2D eigenvalue weighted by atomic mass is 32.2. The Labute approximate surface area is 94.1 Å². The van der Waals surface area contributed by atoms with Crippen molar-refractivity contribution >= 4 is 21.5 Å². The van der Waals surface area contributed by atoms with Crippen LogP contribution in [0.15, 0.2) is 29.2 Å². The van der Waals surface area contributed by atoms with Gasteiger partial charge in [-0.25, -0.2) is 8.42 Å². The number of nitrogen functional groups attached to an aromatic ring is 1. The molecule has 0 spiro atoms. The van der Waals surface area contributed by atoms with Gasteiger partial charge >= 0.3 is 5.97 Å². The molecule has 2 N–H and O–H groups in total. The summed E-state index contributed by atoms with van der Waals surface area (Å²) in [5.41, 5.74) is 5.82. The summed E-state index contributed by atoms with van der Waals surface area (Å²) < 4.78 is 28.3. The van der Waals surface area contributed by atoms with E-state index in [2.05, 4.69) is 4.74 Å². The van der Waals surface area contributed by atoms with Crippen molar-refractivity contribution in [2.75, 3.05) is 12.8 Å². The Morgan fingerprint density at radius 2 is 2.06 bits per heavy atom. The van der Waals surface area contributed by atoms with Crippen molar-refractivity contribution in [3.8, 4) is 0 Å². The van der Waals surface area contributed by atoms with Crippen LogP contribution in [0.5, 0.6) is 0 Å². The summed E-state index contributed by atoms with van der Waals surface area (Å²) in [6, 6.07) is 5.80. The van der Waals surface area contributed by atoms with Crippen molar-refractivity contribution in [2.45, 2.75) is 17.1 Å². The molecule has 0 aliphatic heterocycles. The van der Waals surface area contributed by atoms with Gasteiger partial charge in [-0.05, 0) is 25.1 Å². The van der Waals surface area contributed by atoms with Gasteiger partial charge in [-0.3, -0.25) is 4.79 Å². The minimum absolute atomic E-state index is 0.0189. The van der Waals surface area contributed by atoms with E-state index in [0.29, 0.717) is 5.69 Å². The summed E-state index contributed by atoms with van der Waals surface area (Å²) >= 11 is 0. The SMILES string of the molecule is COC(=O)[C@H](C)S(=O)(=O)c1cccc(N)c1. The lowest BCUT2D eigenvalue weighted by atomic mass is 10.3. The van der Waals surface area contributed by atoms with Crippen LogP contribution in [-0.4, -0.2) is 26.7 Å². The number of methoxy groups -OCH3 is 1. The second-order valence-corrected chi connectivity index (χ2v) is 5.55. The summed E-state index contributed by atoms with van der Waals surface area (Å²) in [5, 5.41) is -1.24. The number of carbonyl (C=O) groups is 1. The van der Waals surface area contributed by atoms with Crippen LogP contribution in [0, 0.1) is 0 Å². The van der Waals surface area contributed by atoms with Crippen LogP contribution in [-0.2, 0) is 19.4 Å². The number of sulfone groups is 1. The Kier molecular flexibility index (Phi) is 3.54. The molecule has 0 heterocycles. The molecule has 0 unspecified atom stereocenters. The molecule has 1 rings (SSSR count). The molecule has 0 aliphatic rings. The average Bonchev–Trinajstić information content (AvgIpc) is 2.27. The zero-order valence-corrected chi connectivity index (χ0v) is 9.82. The maximum atomic E-state index is 11.9. The Morgan fingerprint density at radius 3 is 2.56 bits per heavy atom. The van der Waals surface area contributed by atoms with Crippen LogP contribution in [0.25, 0.3) is 0 Å². The van der Waals surface area contributed by atoms with E-state index in [9.17, 15) is 13.2 Å². The van der Waals surface area contributed by atoms with Gasteiger partial charge in [-0.2, -0.15) is 0 Å². The predicted molar refractivity (Wildman–Crippen MR) is 59.5 cm³/mol. The summed E-state index contributed by atoms with van der Waals surface area (Å²) in [5.74, 6) is -0.789. The number of hydrogen-bond donors (Lipinski definition) is 1. The maximum Gasteiger partial charge on any atom is 0.324 e.